The molecule has 1 N–H and O–H groups in total. The van der Waals surface area contributed by atoms with E-state index in [9.17, 15) is 19.2 Å². The van der Waals surface area contributed by atoms with Gasteiger partial charge in [0.25, 0.3) is 5.91 Å². The third-order valence-electron chi connectivity index (χ3n) is 4.28. The van der Waals surface area contributed by atoms with Crippen molar-refractivity contribution in [2.75, 3.05) is 29.9 Å². The van der Waals surface area contributed by atoms with Gasteiger partial charge in [-0.1, -0.05) is 12.1 Å². The van der Waals surface area contributed by atoms with E-state index in [0.717, 1.165) is 6.29 Å². The summed E-state index contributed by atoms with van der Waals surface area (Å²) in [6, 6.07) is 13.4. The van der Waals surface area contributed by atoms with Crippen molar-refractivity contribution in [3.63, 3.8) is 0 Å². The van der Waals surface area contributed by atoms with Crippen LogP contribution in [0.15, 0.2) is 48.5 Å². The molecule has 2 aromatic carbocycles. The summed E-state index contributed by atoms with van der Waals surface area (Å²) in [6.45, 7) is 2.13. The molecule has 0 unspecified atom stereocenters. The van der Waals surface area contributed by atoms with Gasteiger partial charge in [0, 0.05) is 42.5 Å². The molecule has 3 amide bonds. The summed E-state index contributed by atoms with van der Waals surface area (Å²) < 4.78 is 0. The Morgan fingerprint density at radius 3 is 2.44 bits per heavy atom. The smallest absolute Gasteiger partial charge is 0.254 e. The van der Waals surface area contributed by atoms with Crippen molar-refractivity contribution in [3.05, 3.63) is 59.7 Å². The molecule has 1 heterocycles. The number of nitrogens with zero attached hydrogens (tertiary/aromatic N) is 2. The molecule has 1 aliphatic rings. The first kappa shape index (κ1) is 18.3. The van der Waals surface area contributed by atoms with Crippen molar-refractivity contribution in [2.45, 2.75) is 6.92 Å². The lowest BCUT2D eigenvalue weighted by Crippen LogP contribution is -2.52. The van der Waals surface area contributed by atoms with E-state index in [1.807, 2.05) is 0 Å². The van der Waals surface area contributed by atoms with Gasteiger partial charge in [0.15, 0.2) is 0 Å². The van der Waals surface area contributed by atoms with Crippen LogP contribution in [0.2, 0.25) is 0 Å². The second-order valence-electron chi connectivity index (χ2n) is 6.24. The van der Waals surface area contributed by atoms with Crippen molar-refractivity contribution >= 4 is 35.4 Å². The molecule has 0 aromatic heterocycles. The summed E-state index contributed by atoms with van der Waals surface area (Å²) in [4.78, 5) is 50.2. The molecule has 27 heavy (non-hydrogen) atoms. The molecule has 0 bridgehead atoms. The fraction of sp³-hybridized carbons (Fsp3) is 0.200. The van der Waals surface area contributed by atoms with Crippen molar-refractivity contribution in [2.24, 2.45) is 0 Å². The lowest BCUT2D eigenvalue weighted by atomic mass is 10.1. The van der Waals surface area contributed by atoms with Gasteiger partial charge in [0.05, 0.1) is 0 Å². The minimum absolute atomic E-state index is 0.0302. The monoisotopic (exact) mass is 365 g/mol. The van der Waals surface area contributed by atoms with Gasteiger partial charge in [-0.2, -0.15) is 0 Å². The van der Waals surface area contributed by atoms with Crippen molar-refractivity contribution in [3.8, 4) is 0 Å². The molecule has 138 valence electrons. The third kappa shape index (κ3) is 4.20. The number of aldehydes is 1. The molecule has 7 nitrogen and oxygen atoms in total. The molecule has 1 saturated heterocycles. The highest BCUT2D eigenvalue weighted by molar-refractivity contribution is 6.02. The highest BCUT2D eigenvalue weighted by atomic mass is 16.2. The van der Waals surface area contributed by atoms with E-state index in [4.69, 9.17) is 0 Å². The minimum atomic E-state index is -0.237. The molecular formula is C20H19N3O4. The summed E-state index contributed by atoms with van der Waals surface area (Å²) in [5.74, 6) is -0.624. The van der Waals surface area contributed by atoms with Gasteiger partial charge in [-0.3, -0.25) is 19.2 Å². The third-order valence-corrected chi connectivity index (χ3v) is 4.28. The summed E-state index contributed by atoms with van der Waals surface area (Å²) in [7, 11) is 0. The van der Waals surface area contributed by atoms with E-state index in [-0.39, 0.29) is 24.3 Å². The summed E-state index contributed by atoms with van der Waals surface area (Å²) >= 11 is 0. The number of hydrogen-bond acceptors (Lipinski definition) is 4. The molecule has 3 rings (SSSR count). The zero-order chi connectivity index (χ0) is 19.4. The van der Waals surface area contributed by atoms with Crippen molar-refractivity contribution in [1.29, 1.82) is 0 Å². The van der Waals surface area contributed by atoms with Gasteiger partial charge in [0.1, 0.15) is 12.8 Å². The number of carbonyl (C=O) groups is 4. The van der Waals surface area contributed by atoms with E-state index in [1.54, 1.807) is 53.4 Å². The van der Waals surface area contributed by atoms with Crippen molar-refractivity contribution < 1.29 is 19.2 Å². The topological polar surface area (TPSA) is 86.8 Å². The Morgan fingerprint density at radius 1 is 1.07 bits per heavy atom. The lowest BCUT2D eigenvalue weighted by Gasteiger charge is -2.34. The quantitative estimate of drug-likeness (QED) is 0.839. The maximum Gasteiger partial charge on any atom is 0.254 e. The predicted octanol–water partition coefficient (Wildman–Crippen LogP) is 1.95. The normalized spacial score (nSPS) is 14.0. The average molecular weight is 365 g/mol. The second kappa shape index (κ2) is 7.82. The second-order valence-corrected chi connectivity index (χ2v) is 6.24. The fourth-order valence-electron chi connectivity index (χ4n) is 2.97. The van der Waals surface area contributed by atoms with Crippen LogP contribution in [0.3, 0.4) is 0 Å². The van der Waals surface area contributed by atoms with Crippen LogP contribution < -0.4 is 10.2 Å². The van der Waals surface area contributed by atoms with Gasteiger partial charge in [-0.25, -0.2) is 0 Å². The average Bonchev–Trinajstić information content (AvgIpc) is 2.67. The number of anilines is 2. The van der Waals surface area contributed by atoms with E-state index < -0.39 is 0 Å². The largest absolute Gasteiger partial charge is 0.328 e. The van der Waals surface area contributed by atoms with E-state index in [1.165, 1.54) is 11.8 Å². The van der Waals surface area contributed by atoms with Crippen LogP contribution in [0, 0.1) is 0 Å². The van der Waals surface area contributed by atoms with Gasteiger partial charge in [0.2, 0.25) is 11.8 Å². The number of amides is 3. The molecule has 0 spiro atoms. The SMILES string of the molecule is CC(=O)Nc1ccc(C(=O)N2CCN(c3cccc(C=O)c3)C(=O)C2)cc1. The maximum absolute atomic E-state index is 12.6. The molecule has 0 aliphatic carbocycles. The summed E-state index contributed by atoms with van der Waals surface area (Å²) in [6.07, 6.45) is 0.735. The Bertz CT molecular complexity index is 892. The van der Waals surface area contributed by atoms with Gasteiger partial charge >= 0.3 is 0 Å². The lowest BCUT2D eigenvalue weighted by molar-refractivity contribution is -0.120. The Kier molecular flexibility index (Phi) is 5.30. The van der Waals surface area contributed by atoms with Crippen LogP contribution in [0.4, 0.5) is 11.4 Å². The molecule has 7 heteroatoms. The molecular weight excluding hydrogens is 346 g/mol. The van der Waals surface area contributed by atoms with Crippen LogP contribution >= 0.6 is 0 Å². The van der Waals surface area contributed by atoms with Crippen LogP contribution in [0.5, 0.6) is 0 Å². The Balaban J connectivity index is 1.68. The van der Waals surface area contributed by atoms with Gasteiger partial charge in [-0.15, -0.1) is 0 Å². The molecule has 0 atom stereocenters. The first-order valence-corrected chi connectivity index (χ1v) is 8.50. The van der Waals surface area contributed by atoms with Crippen LogP contribution in [0.25, 0.3) is 0 Å². The number of carbonyl (C=O) groups excluding carboxylic acids is 4. The number of rotatable bonds is 4. The fourth-order valence-corrected chi connectivity index (χ4v) is 2.97. The molecule has 2 aromatic rings. The highest BCUT2D eigenvalue weighted by Crippen LogP contribution is 2.20. The molecule has 0 radical (unpaired) electrons. The summed E-state index contributed by atoms with van der Waals surface area (Å²) in [5.41, 5.74) is 2.21. The Hall–Kier alpha value is -3.48. The molecule has 1 fully saturated rings. The Morgan fingerprint density at radius 2 is 1.81 bits per heavy atom. The number of benzene rings is 2. The highest BCUT2D eigenvalue weighted by Gasteiger charge is 2.28. The van der Waals surface area contributed by atoms with Gasteiger partial charge in [-0.05, 0) is 36.4 Å². The molecule has 0 saturated carbocycles. The number of nitrogens with one attached hydrogen (secondary N) is 1. The number of hydrogen-bond donors (Lipinski definition) is 1. The standard InChI is InChI=1S/C20H19N3O4/c1-14(25)21-17-7-5-16(6-8-17)20(27)22-9-10-23(19(26)12-22)18-4-2-3-15(11-18)13-24/h2-8,11,13H,9-10,12H2,1H3,(H,21,25). The number of piperazine rings is 1. The first-order valence-electron chi connectivity index (χ1n) is 8.50. The van der Waals surface area contributed by atoms with Crippen molar-refractivity contribution in [1.82, 2.24) is 4.90 Å². The van der Waals surface area contributed by atoms with Gasteiger partial charge < -0.3 is 15.1 Å². The summed E-state index contributed by atoms with van der Waals surface area (Å²) in [5, 5.41) is 2.64. The van der Waals surface area contributed by atoms with E-state index >= 15 is 0 Å². The predicted molar refractivity (Wildman–Crippen MR) is 101 cm³/mol. The molecule has 1 aliphatic heterocycles. The maximum atomic E-state index is 12.6. The van der Waals surface area contributed by atoms with E-state index in [2.05, 4.69) is 5.32 Å². The zero-order valence-corrected chi connectivity index (χ0v) is 14.8. The first-order chi connectivity index (χ1) is 13.0. The minimum Gasteiger partial charge on any atom is -0.328 e. The Labute approximate surface area is 156 Å². The zero-order valence-electron chi connectivity index (χ0n) is 14.8. The van der Waals surface area contributed by atoms with Crippen LogP contribution in [0.1, 0.15) is 27.6 Å². The van der Waals surface area contributed by atoms with Crippen LogP contribution in [-0.4, -0.2) is 48.5 Å². The van der Waals surface area contributed by atoms with Crippen LogP contribution in [-0.2, 0) is 9.59 Å². The van der Waals surface area contributed by atoms with E-state index in [0.29, 0.717) is 35.6 Å².